The average molecular weight is 344 g/mol. The molecule has 2 aromatic heterocycles. The number of hydrogen-bond acceptors (Lipinski definition) is 4. The van der Waals surface area contributed by atoms with Crippen molar-refractivity contribution in [3.63, 3.8) is 0 Å². The molecule has 0 saturated heterocycles. The van der Waals surface area contributed by atoms with E-state index in [4.69, 9.17) is 0 Å². The predicted octanol–water partition coefficient (Wildman–Crippen LogP) is 3.20. The molecule has 3 rings (SSSR count). The number of carbonyl (C=O) groups excluding carboxylic acids is 1. The summed E-state index contributed by atoms with van der Waals surface area (Å²) in [5.41, 5.74) is 1.16. The predicted molar refractivity (Wildman–Crippen MR) is 78.1 cm³/mol. The van der Waals surface area contributed by atoms with Crippen molar-refractivity contribution in [1.82, 2.24) is 10.2 Å². The van der Waals surface area contributed by atoms with Gasteiger partial charge in [-0.3, -0.25) is 9.89 Å². The molecule has 94 valence electrons. The Kier molecular flexibility index (Phi) is 3.45. The van der Waals surface area contributed by atoms with Gasteiger partial charge in [-0.05, 0) is 45.1 Å². The lowest BCUT2D eigenvalue weighted by Gasteiger charge is -2.21. The summed E-state index contributed by atoms with van der Waals surface area (Å²) in [6.45, 7) is 0. The van der Waals surface area contributed by atoms with Gasteiger partial charge in [0.2, 0.25) is 5.91 Å². The lowest BCUT2D eigenvalue weighted by molar-refractivity contribution is -0.115. The molecule has 0 spiro atoms. The summed E-state index contributed by atoms with van der Waals surface area (Å²) in [5.74, 6) is 1.61. The molecule has 1 aliphatic heterocycles. The maximum Gasteiger partial charge on any atom is 0.243 e. The van der Waals surface area contributed by atoms with Crippen LogP contribution in [0.3, 0.4) is 0 Å². The molecule has 0 unspecified atom stereocenters. The number of halogens is 1. The Morgan fingerprint density at radius 1 is 1.61 bits per heavy atom. The Hall–Kier alpha value is -0.790. The summed E-state index contributed by atoms with van der Waals surface area (Å²) in [7, 11) is 0. The fraction of sp³-hybridized carbons (Fsp3) is 0.273. The van der Waals surface area contributed by atoms with Crippen LogP contribution in [0.25, 0.3) is 0 Å². The van der Waals surface area contributed by atoms with E-state index in [1.165, 1.54) is 4.88 Å². The lowest BCUT2D eigenvalue weighted by atomic mass is 10.1. The van der Waals surface area contributed by atoms with Gasteiger partial charge < -0.3 is 5.32 Å². The number of thioether (sulfide) groups is 1. The van der Waals surface area contributed by atoms with Crippen LogP contribution >= 0.6 is 39.0 Å². The largest absolute Gasteiger partial charge is 0.309 e. The van der Waals surface area contributed by atoms with Crippen LogP contribution in [0.5, 0.6) is 0 Å². The van der Waals surface area contributed by atoms with Crippen molar-refractivity contribution in [2.75, 3.05) is 11.1 Å². The van der Waals surface area contributed by atoms with Gasteiger partial charge in [-0.15, -0.1) is 23.1 Å². The van der Waals surface area contributed by atoms with Crippen molar-refractivity contribution in [3.8, 4) is 0 Å². The zero-order valence-corrected chi connectivity index (χ0v) is 12.5. The first kappa shape index (κ1) is 12.3. The Morgan fingerprint density at radius 3 is 3.28 bits per heavy atom. The summed E-state index contributed by atoms with van der Waals surface area (Å²) in [4.78, 5) is 13.6. The SMILES string of the molecule is O=C(Nc1[nH]ncc1Br)[C@@H]1SCCc2sccc21. The lowest BCUT2D eigenvalue weighted by Crippen LogP contribution is -2.22. The summed E-state index contributed by atoms with van der Waals surface area (Å²) in [5, 5.41) is 11.4. The second kappa shape index (κ2) is 5.07. The Bertz CT molecular complexity index is 580. The van der Waals surface area contributed by atoms with Crippen LogP contribution in [-0.4, -0.2) is 21.9 Å². The van der Waals surface area contributed by atoms with E-state index in [9.17, 15) is 4.79 Å². The normalized spacial score (nSPS) is 18.4. The highest BCUT2D eigenvalue weighted by Gasteiger charge is 2.28. The fourth-order valence-electron chi connectivity index (χ4n) is 1.91. The van der Waals surface area contributed by atoms with E-state index >= 15 is 0 Å². The average Bonchev–Trinajstić information content (AvgIpc) is 2.98. The molecular weight excluding hydrogens is 334 g/mol. The number of hydrogen-bond donors (Lipinski definition) is 2. The Labute approximate surface area is 121 Å². The van der Waals surface area contributed by atoms with E-state index in [1.807, 2.05) is 0 Å². The number of fused-ring (bicyclic) bond motifs is 1. The second-order valence-corrected chi connectivity index (χ2v) is 6.95. The number of rotatable bonds is 2. The molecule has 2 N–H and O–H groups in total. The van der Waals surface area contributed by atoms with Crippen molar-refractivity contribution in [3.05, 3.63) is 32.6 Å². The molecule has 0 aliphatic carbocycles. The van der Waals surface area contributed by atoms with E-state index in [2.05, 4.69) is 42.9 Å². The quantitative estimate of drug-likeness (QED) is 0.880. The topological polar surface area (TPSA) is 57.8 Å². The first-order valence-electron chi connectivity index (χ1n) is 5.43. The highest BCUT2D eigenvalue weighted by atomic mass is 79.9. The minimum Gasteiger partial charge on any atom is -0.309 e. The number of aromatic amines is 1. The molecule has 3 heterocycles. The molecule has 7 heteroatoms. The van der Waals surface area contributed by atoms with E-state index in [0.717, 1.165) is 22.2 Å². The minimum atomic E-state index is -0.116. The number of carbonyl (C=O) groups is 1. The molecule has 1 amide bonds. The number of thiophene rings is 1. The van der Waals surface area contributed by atoms with E-state index in [-0.39, 0.29) is 11.2 Å². The van der Waals surface area contributed by atoms with E-state index in [0.29, 0.717) is 5.82 Å². The van der Waals surface area contributed by atoms with Gasteiger partial charge in [0.25, 0.3) is 0 Å². The van der Waals surface area contributed by atoms with Gasteiger partial charge >= 0.3 is 0 Å². The van der Waals surface area contributed by atoms with E-state index in [1.54, 1.807) is 29.3 Å². The van der Waals surface area contributed by atoms with Crippen molar-refractivity contribution in [1.29, 1.82) is 0 Å². The first-order chi connectivity index (χ1) is 8.75. The van der Waals surface area contributed by atoms with Gasteiger partial charge in [-0.2, -0.15) is 5.10 Å². The first-order valence-corrected chi connectivity index (χ1v) is 8.15. The van der Waals surface area contributed by atoms with E-state index < -0.39 is 0 Å². The summed E-state index contributed by atoms with van der Waals surface area (Å²) in [6.07, 6.45) is 2.69. The highest BCUT2D eigenvalue weighted by Crippen LogP contribution is 2.40. The van der Waals surface area contributed by atoms with Crippen LogP contribution < -0.4 is 5.32 Å². The summed E-state index contributed by atoms with van der Waals surface area (Å²) < 4.78 is 0.766. The van der Waals surface area contributed by atoms with Crippen molar-refractivity contribution >= 4 is 50.8 Å². The third-order valence-corrected chi connectivity index (χ3v) is 5.59. The maximum absolute atomic E-state index is 12.3. The van der Waals surface area contributed by atoms with Gasteiger partial charge in [0, 0.05) is 4.88 Å². The molecule has 4 nitrogen and oxygen atoms in total. The van der Waals surface area contributed by atoms with Gasteiger partial charge in [0.15, 0.2) is 0 Å². The molecule has 1 atom stereocenters. The molecule has 0 aromatic carbocycles. The van der Waals surface area contributed by atoms with Crippen LogP contribution in [0, 0.1) is 0 Å². The number of nitrogens with zero attached hydrogens (tertiary/aromatic N) is 1. The number of anilines is 1. The van der Waals surface area contributed by atoms with Gasteiger partial charge in [-0.25, -0.2) is 0 Å². The number of aromatic nitrogens is 2. The summed E-state index contributed by atoms with van der Waals surface area (Å²) >= 11 is 6.76. The van der Waals surface area contributed by atoms with Crippen LogP contribution in [0.4, 0.5) is 5.82 Å². The zero-order chi connectivity index (χ0) is 12.5. The van der Waals surface area contributed by atoms with Crippen LogP contribution in [0.1, 0.15) is 15.7 Å². The number of H-pyrrole nitrogens is 1. The van der Waals surface area contributed by atoms with Gasteiger partial charge in [0.05, 0.1) is 10.7 Å². The molecule has 0 saturated carbocycles. The zero-order valence-electron chi connectivity index (χ0n) is 9.27. The van der Waals surface area contributed by atoms with Gasteiger partial charge in [-0.1, -0.05) is 0 Å². The Balaban J connectivity index is 1.81. The third-order valence-electron chi connectivity index (χ3n) is 2.76. The maximum atomic E-state index is 12.3. The second-order valence-electron chi connectivity index (χ2n) is 3.88. The standard InChI is InChI=1S/C11H10BrN3OS2/c12-7-5-13-15-10(7)14-11(16)9-6-1-3-17-8(6)2-4-18-9/h1,3,5,9H,2,4H2,(H2,13,14,15,16)/t9-/m1/s1. The molecular formula is C11H10BrN3OS2. The fourth-order valence-corrected chi connectivity index (χ4v) is 4.49. The van der Waals surface area contributed by atoms with Crippen LogP contribution in [-0.2, 0) is 11.2 Å². The Morgan fingerprint density at radius 2 is 2.50 bits per heavy atom. The molecule has 0 radical (unpaired) electrons. The monoisotopic (exact) mass is 343 g/mol. The minimum absolute atomic E-state index is 0.00398. The number of amides is 1. The summed E-state index contributed by atoms with van der Waals surface area (Å²) in [6, 6.07) is 2.05. The van der Waals surface area contributed by atoms with Crippen molar-refractivity contribution in [2.24, 2.45) is 0 Å². The number of aryl methyl sites for hydroxylation is 1. The van der Waals surface area contributed by atoms with Gasteiger partial charge in [0.1, 0.15) is 11.1 Å². The van der Waals surface area contributed by atoms with Crippen LogP contribution in [0.15, 0.2) is 22.1 Å². The highest BCUT2D eigenvalue weighted by molar-refractivity contribution is 9.10. The van der Waals surface area contributed by atoms with Crippen molar-refractivity contribution < 1.29 is 4.79 Å². The molecule has 18 heavy (non-hydrogen) atoms. The molecule has 0 bridgehead atoms. The van der Waals surface area contributed by atoms with Crippen LogP contribution in [0.2, 0.25) is 0 Å². The smallest absolute Gasteiger partial charge is 0.243 e. The molecule has 0 fully saturated rings. The molecule has 1 aliphatic rings. The molecule has 2 aromatic rings. The number of nitrogens with one attached hydrogen (secondary N) is 2. The third kappa shape index (κ3) is 2.22. The van der Waals surface area contributed by atoms with Crippen molar-refractivity contribution in [2.45, 2.75) is 11.7 Å².